The molecule has 1 fully saturated rings. The lowest BCUT2D eigenvalue weighted by molar-refractivity contribution is -0.152. The van der Waals surface area contributed by atoms with E-state index in [1.807, 2.05) is 61.5 Å². The van der Waals surface area contributed by atoms with Crippen molar-refractivity contribution in [2.45, 2.75) is 32.1 Å². The average molecular weight is 544 g/mol. The summed E-state index contributed by atoms with van der Waals surface area (Å²) in [7, 11) is 2.94. The van der Waals surface area contributed by atoms with Gasteiger partial charge in [-0.3, -0.25) is 14.4 Å². The number of aryl methyl sites for hydroxylation is 1. The second-order valence-electron chi connectivity index (χ2n) is 9.43. The number of carbonyl (C=O) groups excluding carboxylic acids is 3. The zero-order chi connectivity index (χ0) is 27.5. The van der Waals surface area contributed by atoms with Crippen molar-refractivity contribution >= 4 is 45.0 Å². The summed E-state index contributed by atoms with van der Waals surface area (Å²) in [6.07, 6.45) is -0.757. The van der Waals surface area contributed by atoms with Crippen LogP contribution in [0.3, 0.4) is 0 Å². The average Bonchev–Trinajstić information content (AvgIpc) is 3.49. The van der Waals surface area contributed by atoms with Crippen molar-refractivity contribution in [2.24, 2.45) is 0 Å². The number of carbonyl (C=O) groups is 3. The number of rotatable bonds is 9. The van der Waals surface area contributed by atoms with Crippen molar-refractivity contribution in [1.82, 2.24) is 9.88 Å². The van der Waals surface area contributed by atoms with Crippen molar-refractivity contribution in [3.8, 4) is 10.6 Å². The first-order valence-electron chi connectivity index (χ1n) is 12.6. The van der Waals surface area contributed by atoms with Crippen LogP contribution in [0.25, 0.3) is 20.8 Å². The second kappa shape index (κ2) is 11.4. The third-order valence-electron chi connectivity index (χ3n) is 6.81. The number of aromatic nitrogens is 1. The number of hydrogen-bond acceptors (Lipinski definition) is 7. The Kier molecular flexibility index (Phi) is 7.83. The lowest BCUT2D eigenvalue weighted by Gasteiger charge is -2.30. The fourth-order valence-corrected chi connectivity index (χ4v) is 5.79. The highest BCUT2D eigenvalue weighted by molar-refractivity contribution is 7.21. The van der Waals surface area contributed by atoms with E-state index in [0.29, 0.717) is 5.69 Å². The number of benzene rings is 3. The summed E-state index contributed by atoms with van der Waals surface area (Å²) in [4.78, 5) is 47.4. The van der Waals surface area contributed by atoms with Crippen LogP contribution in [0, 0.1) is 6.92 Å². The Morgan fingerprint density at radius 1 is 1.05 bits per heavy atom. The maximum absolute atomic E-state index is 13.6. The lowest BCUT2D eigenvalue weighted by Crippen LogP contribution is -2.49. The van der Waals surface area contributed by atoms with Gasteiger partial charge in [0.2, 0.25) is 11.8 Å². The van der Waals surface area contributed by atoms with Crippen molar-refractivity contribution < 1.29 is 23.9 Å². The minimum Gasteiger partial charge on any atom is -0.354 e. The molecule has 0 saturated carbocycles. The summed E-state index contributed by atoms with van der Waals surface area (Å²) in [6.45, 7) is 2.07. The molecule has 0 spiro atoms. The van der Waals surface area contributed by atoms with E-state index in [1.165, 1.54) is 24.7 Å². The van der Waals surface area contributed by atoms with E-state index in [9.17, 15) is 14.4 Å². The Hall–Kier alpha value is -3.92. The van der Waals surface area contributed by atoms with E-state index in [0.717, 1.165) is 31.3 Å². The monoisotopic (exact) mass is 543 g/mol. The molecule has 2 heterocycles. The van der Waals surface area contributed by atoms with Crippen LogP contribution in [0.5, 0.6) is 0 Å². The molecule has 0 aliphatic carbocycles. The molecular weight excluding hydrogens is 514 g/mol. The van der Waals surface area contributed by atoms with Crippen molar-refractivity contribution in [1.29, 1.82) is 0 Å². The molecule has 1 atom stereocenters. The molecule has 0 bridgehead atoms. The molecule has 3 aromatic carbocycles. The van der Waals surface area contributed by atoms with Crippen LogP contribution in [-0.4, -0.2) is 60.7 Å². The number of thiazole rings is 1. The third kappa shape index (κ3) is 5.61. The van der Waals surface area contributed by atoms with E-state index < -0.39 is 18.2 Å². The maximum Gasteiger partial charge on any atom is 0.257 e. The van der Waals surface area contributed by atoms with Gasteiger partial charge in [0.1, 0.15) is 11.0 Å². The van der Waals surface area contributed by atoms with E-state index in [4.69, 9.17) is 14.5 Å². The normalized spacial score (nSPS) is 15.5. The number of imide groups is 1. The lowest BCUT2D eigenvalue weighted by atomic mass is 10.1. The quantitative estimate of drug-likeness (QED) is 0.227. The van der Waals surface area contributed by atoms with Gasteiger partial charge in [-0.2, -0.15) is 0 Å². The number of amides is 3. The van der Waals surface area contributed by atoms with Gasteiger partial charge in [-0.1, -0.05) is 36.4 Å². The Morgan fingerprint density at radius 3 is 2.46 bits per heavy atom. The molecule has 1 aliphatic rings. The van der Waals surface area contributed by atoms with Crippen LogP contribution in [0.4, 0.5) is 5.69 Å². The first kappa shape index (κ1) is 26.7. The molecule has 1 aromatic heterocycles. The summed E-state index contributed by atoms with van der Waals surface area (Å²) in [5.74, 6) is -1.09. The van der Waals surface area contributed by atoms with Gasteiger partial charge >= 0.3 is 0 Å². The largest absolute Gasteiger partial charge is 0.354 e. The standard InChI is InChI=1S/C30H29N3O5S/c1-19-9-14-23-25(15-19)39-29(31-23)21-10-12-22(13-11-21)33-27(35)17-24(30(33)36)32(18-28(37-2)38-3)26(34)16-20-7-5-4-6-8-20/h4-15,24,28H,16-18H2,1-3H3. The molecule has 200 valence electrons. The summed E-state index contributed by atoms with van der Waals surface area (Å²) in [5, 5.41) is 0.863. The smallest absolute Gasteiger partial charge is 0.257 e. The Balaban J connectivity index is 1.38. The number of ether oxygens (including phenoxy) is 2. The molecule has 0 N–H and O–H groups in total. The molecule has 5 rings (SSSR count). The number of methoxy groups -OCH3 is 2. The minimum atomic E-state index is -0.950. The topological polar surface area (TPSA) is 89.0 Å². The zero-order valence-corrected chi connectivity index (χ0v) is 22.8. The predicted molar refractivity (Wildman–Crippen MR) is 150 cm³/mol. The molecule has 1 saturated heterocycles. The first-order chi connectivity index (χ1) is 18.9. The maximum atomic E-state index is 13.6. The molecule has 39 heavy (non-hydrogen) atoms. The van der Waals surface area contributed by atoms with Gasteiger partial charge < -0.3 is 14.4 Å². The van der Waals surface area contributed by atoms with Gasteiger partial charge in [-0.15, -0.1) is 11.3 Å². The Labute approximate surface area is 230 Å². The fourth-order valence-electron chi connectivity index (χ4n) is 4.72. The molecule has 3 amide bonds. The van der Waals surface area contributed by atoms with Gasteiger partial charge in [0.25, 0.3) is 5.91 Å². The number of hydrogen-bond donors (Lipinski definition) is 0. The summed E-state index contributed by atoms with van der Waals surface area (Å²) in [6, 6.07) is 21.7. The van der Waals surface area contributed by atoms with Gasteiger partial charge in [0.15, 0.2) is 6.29 Å². The minimum absolute atomic E-state index is 0.0201. The van der Waals surface area contributed by atoms with Crippen LogP contribution in [0.1, 0.15) is 17.5 Å². The van der Waals surface area contributed by atoms with Crippen LogP contribution in [0.2, 0.25) is 0 Å². The van der Waals surface area contributed by atoms with E-state index in [-0.39, 0.29) is 31.2 Å². The Bertz CT molecular complexity index is 1500. The van der Waals surface area contributed by atoms with E-state index in [2.05, 4.69) is 6.07 Å². The van der Waals surface area contributed by atoms with Gasteiger partial charge in [-0.25, -0.2) is 9.88 Å². The zero-order valence-electron chi connectivity index (χ0n) is 22.0. The van der Waals surface area contributed by atoms with E-state index in [1.54, 1.807) is 23.5 Å². The highest BCUT2D eigenvalue weighted by Crippen LogP contribution is 2.33. The third-order valence-corrected chi connectivity index (χ3v) is 7.87. The number of fused-ring (bicyclic) bond motifs is 1. The second-order valence-corrected chi connectivity index (χ2v) is 10.5. The summed E-state index contributed by atoms with van der Waals surface area (Å²) in [5.41, 5.74) is 4.28. The molecule has 9 heteroatoms. The van der Waals surface area contributed by atoms with Crippen molar-refractivity contribution in [3.63, 3.8) is 0 Å². The van der Waals surface area contributed by atoms with Gasteiger partial charge in [0, 0.05) is 19.8 Å². The number of nitrogens with zero attached hydrogens (tertiary/aromatic N) is 3. The highest BCUT2D eigenvalue weighted by atomic mass is 32.1. The van der Waals surface area contributed by atoms with Crippen molar-refractivity contribution in [3.05, 3.63) is 83.9 Å². The van der Waals surface area contributed by atoms with Gasteiger partial charge in [-0.05, 0) is 54.4 Å². The van der Waals surface area contributed by atoms with Crippen molar-refractivity contribution in [2.75, 3.05) is 25.7 Å². The van der Waals surface area contributed by atoms with Crippen LogP contribution in [0.15, 0.2) is 72.8 Å². The molecular formula is C30H29N3O5S. The highest BCUT2D eigenvalue weighted by Gasteiger charge is 2.45. The molecule has 8 nitrogen and oxygen atoms in total. The van der Waals surface area contributed by atoms with Crippen LogP contribution >= 0.6 is 11.3 Å². The SMILES string of the molecule is COC(CN(C(=O)Cc1ccccc1)C1CC(=O)N(c2ccc(-c3nc4ccc(C)cc4s3)cc2)C1=O)OC. The summed E-state index contributed by atoms with van der Waals surface area (Å²) >= 11 is 1.60. The van der Waals surface area contributed by atoms with Crippen LogP contribution < -0.4 is 4.90 Å². The van der Waals surface area contributed by atoms with E-state index >= 15 is 0 Å². The van der Waals surface area contributed by atoms with Gasteiger partial charge in [0.05, 0.1) is 35.3 Å². The first-order valence-corrected chi connectivity index (χ1v) is 13.4. The van der Waals surface area contributed by atoms with Crippen LogP contribution in [-0.2, 0) is 30.3 Å². The number of anilines is 1. The molecule has 1 aliphatic heterocycles. The molecule has 4 aromatic rings. The molecule has 1 unspecified atom stereocenters. The summed E-state index contributed by atoms with van der Waals surface area (Å²) < 4.78 is 11.7. The Morgan fingerprint density at radius 2 is 1.77 bits per heavy atom. The molecule has 0 radical (unpaired) electrons. The fraction of sp³-hybridized carbons (Fsp3) is 0.267. The predicted octanol–water partition coefficient (Wildman–Crippen LogP) is 4.59.